The fourth-order valence-corrected chi connectivity index (χ4v) is 1.90. The predicted molar refractivity (Wildman–Crippen MR) is 73.8 cm³/mol. The van der Waals surface area contributed by atoms with Gasteiger partial charge in [-0.2, -0.15) is 5.10 Å². The van der Waals surface area contributed by atoms with Crippen molar-refractivity contribution in [3.63, 3.8) is 0 Å². The van der Waals surface area contributed by atoms with Crippen LogP contribution in [-0.4, -0.2) is 33.4 Å². The number of nitrogens with zero attached hydrogens (tertiary/aromatic N) is 4. The van der Waals surface area contributed by atoms with Gasteiger partial charge >= 0.3 is 0 Å². The number of hydrogen-bond donors (Lipinski definition) is 1. The summed E-state index contributed by atoms with van der Waals surface area (Å²) in [5, 5.41) is 7.48. The highest BCUT2D eigenvalue weighted by Crippen LogP contribution is 2.20. The molecule has 0 aromatic carbocycles. The molecule has 0 bridgehead atoms. The van der Waals surface area contributed by atoms with Crippen molar-refractivity contribution in [2.45, 2.75) is 27.0 Å². The van der Waals surface area contributed by atoms with Crippen molar-refractivity contribution >= 4 is 5.82 Å². The molecule has 1 N–H and O–H groups in total. The van der Waals surface area contributed by atoms with Gasteiger partial charge in [0.25, 0.3) is 0 Å². The van der Waals surface area contributed by atoms with Crippen LogP contribution in [-0.2, 0) is 17.9 Å². The van der Waals surface area contributed by atoms with Crippen molar-refractivity contribution in [2.75, 3.05) is 19.0 Å². The maximum Gasteiger partial charge on any atom is 0.157 e. The van der Waals surface area contributed by atoms with E-state index >= 15 is 0 Å². The van der Waals surface area contributed by atoms with Gasteiger partial charge in [-0.3, -0.25) is 4.68 Å². The van der Waals surface area contributed by atoms with E-state index in [0.29, 0.717) is 12.4 Å². The highest BCUT2D eigenvalue weighted by molar-refractivity contribution is 5.58. The van der Waals surface area contributed by atoms with Gasteiger partial charge in [0.2, 0.25) is 0 Å². The lowest BCUT2D eigenvalue weighted by atomic mass is 10.3. The molecule has 2 aromatic heterocycles. The lowest BCUT2D eigenvalue weighted by Gasteiger charge is -2.09. The van der Waals surface area contributed by atoms with E-state index in [1.54, 1.807) is 13.3 Å². The van der Waals surface area contributed by atoms with Gasteiger partial charge in [-0.05, 0) is 19.9 Å². The smallest absolute Gasteiger partial charge is 0.157 e. The average Bonchev–Trinajstić information content (AvgIpc) is 2.87. The monoisotopic (exact) mass is 261 g/mol. The Morgan fingerprint density at radius 2 is 2.16 bits per heavy atom. The van der Waals surface area contributed by atoms with Gasteiger partial charge in [0.05, 0.1) is 11.4 Å². The Hall–Kier alpha value is -1.95. The molecule has 0 spiro atoms. The third-order valence-electron chi connectivity index (χ3n) is 2.68. The van der Waals surface area contributed by atoms with Crippen molar-refractivity contribution in [1.29, 1.82) is 0 Å². The minimum atomic E-state index is 0.395. The van der Waals surface area contributed by atoms with Gasteiger partial charge in [-0.1, -0.05) is 0 Å². The molecule has 0 aliphatic carbocycles. The summed E-state index contributed by atoms with van der Waals surface area (Å²) in [6, 6.07) is 3.89. The maximum atomic E-state index is 5.11. The first-order valence-electron chi connectivity index (χ1n) is 6.41. The summed E-state index contributed by atoms with van der Waals surface area (Å²) in [4.78, 5) is 8.92. The average molecular weight is 261 g/mol. The number of hydrogen-bond acceptors (Lipinski definition) is 5. The van der Waals surface area contributed by atoms with E-state index in [-0.39, 0.29) is 0 Å². The van der Waals surface area contributed by atoms with Crippen LogP contribution in [0.15, 0.2) is 18.3 Å². The van der Waals surface area contributed by atoms with Crippen molar-refractivity contribution in [1.82, 2.24) is 19.7 Å². The van der Waals surface area contributed by atoms with E-state index in [4.69, 9.17) is 4.74 Å². The van der Waals surface area contributed by atoms with Crippen LogP contribution in [0.3, 0.4) is 0 Å². The number of anilines is 1. The standard InChI is InChI=1S/C13H19N5O/c1-4-14-12-8-10(16-13(17-12)9-19-3)11-6-7-15-18(11)5-2/h6-8H,4-5,9H2,1-3H3,(H,14,16,17). The summed E-state index contributed by atoms with van der Waals surface area (Å²) in [5.74, 6) is 1.48. The molecule has 0 fully saturated rings. The van der Waals surface area contributed by atoms with Gasteiger partial charge in [-0.25, -0.2) is 9.97 Å². The third-order valence-corrected chi connectivity index (χ3v) is 2.68. The maximum absolute atomic E-state index is 5.11. The Labute approximate surface area is 112 Å². The largest absolute Gasteiger partial charge is 0.377 e. The number of aromatic nitrogens is 4. The minimum Gasteiger partial charge on any atom is -0.377 e. The van der Waals surface area contributed by atoms with Crippen molar-refractivity contribution in [3.05, 3.63) is 24.2 Å². The van der Waals surface area contributed by atoms with Crippen molar-refractivity contribution in [2.24, 2.45) is 0 Å². The molecule has 19 heavy (non-hydrogen) atoms. The molecule has 0 aliphatic heterocycles. The molecule has 0 saturated carbocycles. The van der Waals surface area contributed by atoms with Gasteiger partial charge in [0.15, 0.2) is 5.82 Å². The molecule has 6 heteroatoms. The van der Waals surface area contributed by atoms with Crippen molar-refractivity contribution in [3.8, 4) is 11.4 Å². The van der Waals surface area contributed by atoms with Gasteiger partial charge in [-0.15, -0.1) is 0 Å². The fourth-order valence-electron chi connectivity index (χ4n) is 1.90. The van der Waals surface area contributed by atoms with E-state index in [0.717, 1.165) is 30.3 Å². The van der Waals surface area contributed by atoms with E-state index in [9.17, 15) is 0 Å². The summed E-state index contributed by atoms with van der Waals surface area (Å²) < 4.78 is 7.03. The zero-order valence-corrected chi connectivity index (χ0v) is 11.6. The molecule has 6 nitrogen and oxygen atoms in total. The molecule has 0 atom stereocenters. The third kappa shape index (κ3) is 3.08. The quantitative estimate of drug-likeness (QED) is 0.860. The van der Waals surface area contributed by atoms with Crippen LogP contribution in [0.25, 0.3) is 11.4 Å². The normalized spacial score (nSPS) is 10.7. The van der Waals surface area contributed by atoms with Crippen LogP contribution in [0, 0.1) is 0 Å². The highest BCUT2D eigenvalue weighted by atomic mass is 16.5. The molecule has 0 unspecified atom stereocenters. The Bertz CT molecular complexity index is 513. The molecular formula is C13H19N5O. The van der Waals surface area contributed by atoms with Crippen LogP contribution >= 0.6 is 0 Å². The lowest BCUT2D eigenvalue weighted by molar-refractivity contribution is 0.178. The Kier molecular flexibility index (Phi) is 4.46. The Balaban J connectivity index is 2.43. The minimum absolute atomic E-state index is 0.395. The number of rotatable bonds is 6. The van der Waals surface area contributed by atoms with Crippen LogP contribution in [0.5, 0.6) is 0 Å². The fraction of sp³-hybridized carbons (Fsp3) is 0.462. The SMILES string of the molecule is CCNc1cc(-c2ccnn2CC)nc(COC)n1. The second-order valence-electron chi connectivity index (χ2n) is 4.05. The number of methoxy groups -OCH3 is 1. The number of ether oxygens (including phenoxy) is 1. The first-order chi connectivity index (χ1) is 9.28. The molecule has 0 aliphatic rings. The van der Waals surface area contributed by atoms with Crippen molar-refractivity contribution < 1.29 is 4.74 Å². The Morgan fingerprint density at radius 1 is 1.32 bits per heavy atom. The van der Waals surface area contributed by atoms with E-state index in [1.807, 2.05) is 23.7 Å². The molecule has 2 heterocycles. The molecular weight excluding hydrogens is 242 g/mol. The highest BCUT2D eigenvalue weighted by Gasteiger charge is 2.10. The first kappa shape index (κ1) is 13.5. The molecule has 2 rings (SSSR count). The molecule has 0 amide bonds. The van der Waals surface area contributed by atoms with E-state index < -0.39 is 0 Å². The Morgan fingerprint density at radius 3 is 2.84 bits per heavy atom. The van der Waals surface area contributed by atoms with Gasteiger partial charge in [0.1, 0.15) is 12.4 Å². The molecule has 0 radical (unpaired) electrons. The summed E-state index contributed by atoms with van der Waals surface area (Å²) >= 11 is 0. The lowest BCUT2D eigenvalue weighted by Crippen LogP contribution is -2.07. The number of nitrogens with one attached hydrogen (secondary N) is 1. The summed E-state index contributed by atoms with van der Waals surface area (Å²) in [6.07, 6.45) is 1.78. The molecule has 2 aromatic rings. The summed E-state index contributed by atoms with van der Waals surface area (Å²) in [7, 11) is 1.64. The molecule has 0 saturated heterocycles. The summed E-state index contributed by atoms with van der Waals surface area (Å²) in [6.45, 7) is 6.11. The molecule has 102 valence electrons. The van der Waals surface area contributed by atoms with Crippen LogP contribution in [0.4, 0.5) is 5.82 Å². The number of aryl methyl sites for hydroxylation is 1. The second-order valence-corrected chi connectivity index (χ2v) is 4.05. The first-order valence-corrected chi connectivity index (χ1v) is 6.41. The van der Waals surface area contributed by atoms with Gasteiger partial charge in [0, 0.05) is 32.5 Å². The van der Waals surface area contributed by atoms with Crippen LogP contribution in [0.1, 0.15) is 19.7 Å². The van der Waals surface area contributed by atoms with Crippen LogP contribution in [0.2, 0.25) is 0 Å². The zero-order valence-electron chi connectivity index (χ0n) is 11.6. The predicted octanol–water partition coefficient (Wildman–Crippen LogP) is 1.94. The summed E-state index contributed by atoms with van der Waals surface area (Å²) in [5.41, 5.74) is 1.85. The van der Waals surface area contributed by atoms with E-state index in [2.05, 4.69) is 27.3 Å². The second kappa shape index (κ2) is 6.29. The van der Waals surface area contributed by atoms with Crippen LogP contribution < -0.4 is 5.32 Å². The van der Waals surface area contributed by atoms with Gasteiger partial charge < -0.3 is 10.1 Å². The van der Waals surface area contributed by atoms with E-state index in [1.165, 1.54) is 0 Å². The topological polar surface area (TPSA) is 64.9 Å². The zero-order chi connectivity index (χ0) is 13.7.